The van der Waals surface area contributed by atoms with Crippen LogP contribution in [-0.2, 0) is 0 Å². The number of carbonyl (C=O) groups excluding carboxylic acids is 1. The van der Waals surface area contributed by atoms with Crippen molar-refractivity contribution in [1.29, 1.82) is 0 Å². The van der Waals surface area contributed by atoms with E-state index in [-0.39, 0.29) is 17.4 Å². The molecule has 1 amide bonds. The van der Waals surface area contributed by atoms with Crippen molar-refractivity contribution < 1.29 is 9.90 Å². The van der Waals surface area contributed by atoms with Crippen LogP contribution in [-0.4, -0.2) is 58.5 Å². The third kappa shape index (κ3) is 3.04. The summed E-state index contributed by atoms with van der Waals surface area (Å²) in [4.78, 5) is 20.2. The number of likely N-dealkylation sites (tertiary alicyclic amines) is 1. The minimum absolute atomic E-state index is 0.0573. The van der Waals surface area contributed by atoms with Gasteiger partial charge in [0.1, 0.15) is 5.75 Å². The molecular formula is C14H21N3O2. The fourth-order valence-electron chi connectivity index (χ4n) is 2.66. The van der Waals surface area contributed by atoms with Gasteiger partial charge in [0.15, 0.2) is 5.69 Å². The highest BCUT2D eigenvalue weighted by atomic mass is 16.3. The topological polar surface area (TPSA) is 56.7 Å². The molecule has 104 valence electrons. The minimum Gasteiger partial charge on any atom is -0.505 e. The van der Waals surface area contributed by atoms with E-state index in [9.17, 15) is 9.90 Å². The standard InChI is InChI=1S/C14H21N3O2/c1-3-17-9-5-6-11(17)10-16(2)14(19)13-12(18)7-4-8-15-13/h4,7-8,11,18H,3,5-6,9-10H2,1-2H3. The van der Waals surface area contributed by atoms with Crippen LogP contribution in [0.25, 0.3) is 0 Å². The highest BCUT2D eigenvalue weighted by Crippen LogP contribution is 2.19. The largest absolute Gasteiger partial charge is 0.505 e. The van der Waals surface area contributed by atoms with E-state index in [0.29, 0.717) is 12.6 Å². The average Bonchev–Trinajstić information content (AvgIpc) is 2.85. The lowest BCUT2D eigenvalue weighted by atomic mass is 10.2. The van der Waals surface area contributed by atoms with Gasteiger partial charge in [-0.2, -0.15) is 0 Å². The SMILES string of the molecule is CCN1CCCC1CN(C)C(=O)c1ncccc1O. The predicted molar refractivity (Wildman–Crippen MR) is 73.1 cm³/mol. The maximum atomic E-state index is 12.2. The number of likely N-dealkylation sites (N-methyl/N-ethyl adjacent to an activating group) is 2. The second-order valence-corrected chi connectivity index (χ2v) is 4.98. The quantitative estimate of drug-likeness (QED) is 0.890. The van der Waals surface area contributed by atoms with Gasteiger partial charge in [0.25, 0.3) is 5.91 Å². The molecule has 0 radical (unpaired) electrons. The van der Waals surface area contributed by atoms with Crippen molar-refractivity contribution in [2.45, 2.75) is 25.8 Å². The Bertz CT molecular complexity index is 450. The molecule has 0 aromatic carbocycles. The first-order valence-corrected chi connectivity index (χ1v) is 6.77. The Labute approximate surface area is 113 Å². The second kappa shape index (κ2) is 6.02. The molecule has 1 aromatic heterocycles. The minimum atomic E-state index is -0.221. The van der Waals surface area contributed by atoms with Gasteiger partial charge in [-0.3, -0.25) is 9.69 Å². The summed E-state index contributed by atoms with van der Waals surface area (Å²) >= 11 is 0. The van der Waals surface area contributed by atoms with E-state index in [1.165, 1.54) is 18.7 Å². The predicted octanol–water partition coefficient (Wildman–Crippen LogP) is 1.34. The van der Waals surface area contributed by atoms with Gasteiger partial charge in [-0.15, -0.1) is 0 Å². The molecule has 5 nitrogen and oxygen atoms in total. The van der Waals surface area contributed by atoms with Gasteiger partial charge in [-0.05, 0) is 38.1 Å². The monoisotopic (exact) mass is 263 g/mol. The lowest BCUT2D eigenvalue weighted by Crippen LogP contribution is -2.41. The van der Waals surface area contributed by atoms with Crippen LogP contribution in [0.2, 0.25) is 0 Å². The van der Waals surface area contributed by atoms with Crippen molar-refractivity contribution in [3.8, 4) is 5.75 Å². The van der Waals surface area contributed by atoms with Gasteiger partial charge < -0.3 is 10.0 Å². The molecule has 1 atom stereocenters. The molecule has 2 rings (SSSR count). The number of carbonyl (C=O) groups is 1. The van der Waals surface area contributed by atoms with E-state index < -0.39 is 0 Å². The number of rotatable bonds is 4. The van der Waals surface area contributed by atoms with Crippen molar-refractivity contribution in [3.05, 3.63) is 24.0 Å². The maximum Gasteiger partial charge on any atom is 0.276 e. The zero-order valence-electron chi connectivity index (χ0n) is 11.5. The Hall–Kier alpha value is -1.62. The van der Waals surface area contributed by atoms with Crippen molar-refractivity contribution in [2.75, 3.05) is 26.7 Å². The first-order valence-electron chi connectivity index (χ1n) is 6.77. The smallest absolute Gasteiger partial charge is 0.276 e. The van der Waals surface area contributed by atoms with Gasteiger partial charge in [0.2, 0.25) is 0 Å². The van der Waals surface area contributed by atoms with Gasteiger partial charge in [0, 0.05) is 25.8 Å². The summed E-state index contributed by atoms with van der Waals surface area (Å²) in [5.41, 5.74) is 0.131. The van der Waals surface area contributed by atoms with Crippen LogP contribution in [0.15, 0.2) is 18.3 Å². The van der Waals surface area contributed by atoms with Crippen molar-refractivity contribution >= 4 is 5.91 Å². The average molecular weight is 263 g/mol. The Morgan fingerprint density at radius 2 is 2.42 bits per heavy atom. The van der Waals surface area contributed by atoms with Crippen molar-refractivity contribution in [2.24, 2.45) is 0 Å². The number of amides is 1. The first-order chi connectivity index (χ1) is 9.13. The van der Waals surface area contributed by atoms with Crippen molar-refractivity contribution in [1.82, 2.24) is 14.8 Å². The second-order valence-electron chi connectivity index (χ2n) is 4.98. The molecule has 0 aliphatic carbocycles. The molecule has 1 aromatic rings. The highest BCUT2D eigenvalue weighted by Gasteiger charge is 2.26. The molecule has 1 aliphatic heterocycles. The lowest BCUT2D eigenvalue weighted by Gasteiger charge is -2.27. The highest BCUT2D eigenvalue weighted by molar-refractivity contribution is 5.94. The van der Waals surface area contributed by atoms with E-state index in [4.69, 9.17) is 0 Å². The van der Waals surface area contributed by atoms with Crippen LogP contribution < -0.4 is 0 Å². The third-order valence-corrected chi connectivity index (χ3v) is 3.73. The number of aromatic nitrogens is 1. The summed E-state index contributed by atoms with van der Waals surface area (Å²) in [5, 5.41) is 9.67. The lowest BCUT2D eigenvalue weighted by molar-refractivity contribution is 0.0745. The third-order valence-electron chi connectivity index (χ3n) is 3.73. The number of hydrogen-bond acceptors (Lipinski definition) is 4. The molecule has 1 N–H and O–H groups in total. The van der Waals surface area contributed by atoms with Gasteiger partial charge in [-0.1, -0.05) is 6.92 Å². The zero-order chi connectivity index (χ0) is 13.8. The van der Waals surface area contributed by atoms with Crippen LogP contribution in [0, 0.1) is 0 Å². The fraction of sp³-hybridized carbons (Fsp3) is 0.571. The fourth-order valence-corrected chi connectivity index (χ4v) is 2.66. The first kappa shape index (κ1) is 13.8. The van der Waals surface area contributed by atoms with E-state index in [2.05, 4.69) is 16.8 Å². The van der Waals surface area contributed by atoms with E-state index in [1.807, 2.05) is 0 Å². The molecule has 1 unspecified atom stereocenters. The van der Waals surface area contributed by atoms with Gasteiger partial charge >= 0.3 is 0 Å². The van der Waals surface area contributed by atoms with Crippen LogP contribution in [0.3, 0.4) is 0 Å². The number of aromatic hydroxyl groups is 1. The Morgan fingerprint density at radius 3 is 3.11 bits per heavy atom. The van der Waals surface area contributed by atoms with E-state index in [0.717, 1.165) is 19.5 Å². The van der Waals surface area contributed by atoms with E-state index in [1.54, 1.807) is 18.0 Å². The van der Waals surface area contributed by atoms with Gasteiger partial charge in [-0.25, -0.2) is 4.98 Å². The molecule has 1 saturated heterocycles. The molecule has 5 heteroatoms. The number of nitrogens with zero attached hydrogens (tertiary/aromatic N) is 3. The zero-order valence-corrected chi connectivity index (χ0v) is 11.5. The molecule has 1 aliphatic rings. The Balaban J connectivity index is 2.02. The maximum absolute atomic E-state index is 12.2. The summed E-state index contributed by atoms with van der Waals surface area (Å²) in [7, 11) is 1.77. The molecule has 0 bridgehead atoms. The molecular weight excluding hydrogens is 242 g/mol. The van der Waals surface area contributed by atoms with E-state index >= 15 is 0 Å². The summed E-state index contributed by atoms with van der Waals surface area (Å²) in [6, 6.07) is 3.52. The van der Waals surface area contributed by atoms with Crippen molar-refractivity contribution in [3.63, 3.8) is 0 Å². The summed E-state index contributed by atoms with van der Waals surface area (Å²) < 4.78 is 0. The van der Waals surface area contributed by atoms with Crippen LogP contribution in [0.4, 0.5) is 0 Å². The number of pyridine rings is 1. The Morgan fingerprint density at radius 1 is 1.63 bits per heavy atom. The van der Waals surface area contributed by atoms with Crippen LogP contribution >= 0.6 is 0 Å². The van der Waals surface area contributed by atoms with Gasteiger partial charge in [0.05, 0.1) is 0 Å². The number of hydrogen-bond donors (Lipinski definition) is 1. The normalized spacial score (nSPS) is 19.6. The molecule has 2 heterocycles. The summed E-state index contributed by atoms with van der Waals surface area (Å²) in [6.07, 6.45) is 3.84. The molecule has 0 spiro atoms. The molecule has 0 saturated carbocycles. The summed E-state index contributed by atoms with van der Waals surface area (Å²) in [6.45, 7) is 4.95. The Kier molecular flexibility index (Phi) is 4.37. The summed E-state index contributed by atoms with van der Waals surface area (Å²) in [5.74, 6) is -0.279. The van der Waals surface area contributed by atoms with Crippen LogP contribution in [0.5, 0.6) is 5.75 Å². The molecule has 19 heavy (non-hydrogen) atoms. The van der Waals surface area contributed by atoms with Crippen LogP contribution in [0.1, 0.15) is 30.3 Å². The molecule has 1 fully saturated rings.